The number of hydrogen-bond donors (Lipinski definition) is 1. The molecule has 0 fully saturated rings. The van der Waals surface area contributed by atoms with Crippen molar-refractivity contribution < 1.29 is 27.1 Å². The summed E-state index contributed by atoms with van der Waals surface area (Å²) in [5.41, 5.74) is 1.30. The van der Waals surface area contributed by atoms with Gasteiger partial charge in [-0.25, -0.2) is 12.8 Å². The number of nitrogens with one attached hydrogen (secondary N) is 1. The molecule has 1 atom stereocenters. The third kappa shape index (κ3) is 6.45. The van der Waals surface area contributed by atoms with E-state index < -0.39 is 40.2 Å². The first kappa shape index (κ1) is 27.7. The van der Waals surface area contributed by atoms with E-state index >= 15 is 0 Å². The molecule has 3 rings (SSSR count). The minimum Gasteiger partial charge on any atom is -0.497 e. The molecule has 0 saturated carbocycles. The highest BCUT2D eigenvalue weighted by molar-refractivity contribution is 7.92. The molecule has 0 unspecified atom stereocenters. The van der Waals surface area contributed by atoms with E-state index in [9.17, 15) is 22.4 Å². The normalized spacial score (nSPS) is 11.9. The summed E-state index contributed by atoms with van der Waals surface area (Å²) in [6.45, 7) is 2.51. The Hall–Kier alpha value is -3.92. The van der Waals surface area contributed by atoms with Gasteiger partial charge in [-0.1, -0.05) is 35.9 Å². The van der Waals surface area contributed by atoms with Gasteiger partial charge in [-0.2, -0.15) is 0 Å². The molecule has 0 aliphatic heterocycles. The molecule has 0 aromatic heterocycles. The van der Waals surface area contributed by atoms with Crippen LogP contribution in [0.1, 0.15) is 18.1 Å². The van der Waals surface area contributed by atoms with E-state index in [1.165, 1.54) is 68.4 Å². The van der Waals surface area contributed by atoms with E-state index in [1.807, 2.05) is 6.92 Å². The first-order valence-corrected chi connectivity index (χ1v) is 13.0. The van der Waals surface area contributed by atoms with Gasteiger partial charge in [0.2, 0.25) is 11.8 Å². The average Bonchev–Trinajstić information content (AvgIpc) is 2.90. The number of carbonyl (C=O) groups is 2. The fourth-order valence-corrected chi connectivity index (χ4v) is 5.13. The summed E-state index contributed by atoms with van der Waals surface area (Å²) in [5.74, 6) is -1.17. The van der Waals surface area contributed by atoms with Crippen LogP contribution >= 0.6 is 0 Å². The molecule has 8 nitrogen and oxygen atoms in total. The minimum atomic E-state index is -4.18. The number of hydrogen-bond acceptors (Lipinski definition) is 5. The molecular formula is C27H30FN3O5S. The quantitative estimate of drug-likeness (QED) is 0.436. The van der Waals surface area contributed by atoms with Crippen LogP contribution in [0.25, 0.3) is 0 Å². The molecule has 3 aromatic carbocycles. The Bertz CT molecular complexity index is 1350. The summed E-state index contributed by atoms with van der Waals surface area (Å²) < 4.78 is 48.0. The Balaban J connectivity index is 2.04. The van der Waals surface area contributed by atoms with E-state index in [4.69, 9.17) is 4.74 Å². The Morgan fingerprint density at radius 3 is 2.19 bits per heavy atom. The molecule has 0 spiro atoms. The lowest BCUT2D eigenvalue weighted by molar-refractivity contribution is -0.139. The molecule has 3 aromatic rings. The van der Waals surface area contributed by atoms with Crippen LogP contribution in [0.15, 0.2) is 77.7 Å². The van der Waals surface area contributed by atoms with Gasteiger partial charge in [0.05, 0.1) is 17.7 Å². The zero-order valence-corrected chi connectivity index (χ0v) is 22.0. The summed E-state index contributed by atoms with van der Waals surface area (Å²) in [6.07, 6.45) is 0. The van der Waals surface area contributed by atoms with Crippen molar-refractivity contribution in [3.63, 3.8) is 0 Å². The molecule has 196 valence electrons. The Morgan fingerprint density at radius 1 is 1.00 bits per heavy atom. The monoisotopic (exact) mass is 527 g/mol. The number of rotatable bonds is 10. The van der Waals surface area contributed by atoms with Gasteiger partial charge in [0.25, 0.3) is 10.0 Å². The fourth-order valence-electron chi connectivity index (χ4n) is 3.72. The molecule has 0 radical (unpaired) electrons. The molecule has 0 bridgehead atoms. The van der Waals surface area contributed by atoms with Gasteiger partial charge in [0.15, 0.2) is 0 Å². The maximum atomic E-state index is 14.4. The van der Waals surface area contributed by atoms with Crippen LogP contribution in [-0.4, -0.2) is 51.9 Å². The number of nitrogens with zero attached hydrogens (tertiary/aromatic N) is 2. The van der Waals surface area contributed by atoms with Gasteiger partial charge < -0.3 is 15.0 Å². The minimum absolute atomic E-state index is 0.00159. The van der Waals surface area contributed by atoms with Crippen molar-refractivity contribution in [1.82, 2.24) is 10.2 Å². The maximum absolute atomic E-state index is 14.4. The predicted octanol–water partition coefficient (Wildman–Crippen LogP) is 3.50. The molecule has 10 heteroatoms. The lowest BCUT2D eigenvalue weighted by atomic mass is 10.1. The average molecular weight is 528 g/mol. The van der Waals surface area contributed by atoms with Gasteiger partial charge in [-0.3, -0.25) is 13.9 Å². The fraction of sp³-hybridized carbons (Fsp3) is 0.259. The smallest absolute Gasteiger partial charge is 0.264 e. The number of benzene rings is 3. The lowest BCUT2D eigenvalue weighted by Crippen LogP contribution is -2.50. The van der Waals surface area contributed by atoms with Crippen LogP contribution < -0.4 is 14.4 Å². The van der Waals surface area contributed by atoms with E-state index in [-0.39, 0.29) is 22.7 Å². The highest BCUT2D eigenvalue weighted by Crippen LogP contribution is 2.27. The second-order valence-corrected chi connectivity index (χ2v) is 10.3. The third-order valence-corrected chi connectivity index (χ3v) is 7.75. The standard InChI is InChI=1S/C27H30FN3O5S/c1-19-9-15-24(16-10-19)37(34,35)31(22-11-13-23(36-4)14-12-22)18-26(32)30(20(2)27(33)29-3)17-21-7-5-6-8-25(21)28/h5-16,20H,17-18H2,1-4H3,(H,29,33)/t20-/m1/s1. The first-order valence-electron chi connectivity index (χ1n) is 11.6. The number of carbonyl (C=O) groups excluding carboxylic acids is 2. The SMILES string of the molecule is CNC(=O)[C@@H](C)N(Cc1ccccc1F)C(=O)CN(c1ccc(OC)cc1)S(=O)(=O)c1ccc(C)cc1. The summed E-state index contributed by atoms with van der Waals surface area (Å²) in [4.78, 5) is 27.3. The van der Waals surface area contributed by atoms with Crippen molar-refractivity contribution in [2.75, 3.05) is 25.0 Å². The Labute approximate surface area is 216 Å². The van der Waals surface area contributed by atoms with E-state index in [2.05, 4.69) is 5.32 Å². The van der Waals surface area contributed by atoms with Crippen LogP contribution in [0.5, 0.6) is 5.75 Å². The second kappa shape index (κ2) is 11.9. The van der Waals surface area contributed by atoms with Crippen LogP contribution in [-0.2, 0) is 26.2 Å². The number of halogens is 1. The van der Waals surface area contributed by atoms with Crippen molar-refractivity contribution in [2.45, 2.75) is 31.3 Å². The maximum Gasteiger partial charge on any atom is 0.264 e. The zero-order chi connectivity index (χ0) is 27.2. The van der Waals surface area contributed by atoms with E-state index in [0.29, 0.717) is 5.75 Å². The highest BCUT2D eigenvalue weighted by atomic mass is 32.2. The molecule has 2 amide bonds. The molecular weight excluding hydrogens is 497 g/mol. The van der Waals surface area contributed by atoms with Crippen molar-refractivity contribution in [3.8, 4) is 5.75 Å². The van der Waals surface area contributed by atoms with Crippen molar-refractivity contribution in [3.05, 3.63) is 89.7 Å². The molecule has 0 saturated heterocycles. The summed E-state index contributed by atoms with van der Waals surface area (Å²) >= 11 is 0. The van der Waals surface area contributed by atoms with Crippen molar-refractivity contribution >= 4 is 27.5 Å². The number of likely N-dealkylation sites (N-methyl/N-ethyl adjacent to an activating group) is 1. The van der Waals surface area contributed by atoms with E-state index in [0.717, 1.165) is 9.87 Å². The van der Waals surface area contributed by atoms with E-state index in [1.54, 1.807) is 30.3 Å². The number of aryl methyl sites for hydroxylation is 1. The number of ether oxygens (including phenoxy) is 1. The summed E-state index contributed by atoms with van der Waals surface area (Å²) in [6, 6.07) is 17.4. The molecule has 1 N–H and O–H groups in total. The van der Waals surface area contributed by atoms with Crippen molar-refractivity contribution in [2.24, 2.45) is 0 Å². The lowest BCUT2D eigenvalue weighted by Gasteiger charge is -2.31. The molecule has 0 aliphatic carbocycles. The number of sulfonamides is 1. The number of amides is 2. The molecule has 0 aliphatic rings. The molecule has 37 heavy (non-hydrogen) atoms. The van der Waals surface area contributed by atoms with Gasteiger partial charge in [0.1, 0.15) is 24.2 Å². The van der Waals surface area contributed by atoms with Crippen LogP contribution in [0.3, 0.4) is 0 Å². The third-order valence-electron chi connectivity index (χ3n) is 5.96. The van der Waals surface area contributed by atoms with Crippen LogP contribution in [0.4, 0.5) is 10.1 Å². The van der Waals surface area contributed by atoms with Gasteiger partial charge in [-0.05, 0) is 56.3 Å². The topological polar surface area (TPSA) is 96.0 Å². The van der Waals surface area contributed by atoms with Gasteiger partial charge >= 0.3 is 0 Å². The first-order chi connectivity index (χ1) is 17.6. The summed E-state index contributed by atoms with van der Waals surface area (Å²) in [5, 5.41) is 2.49. The predicted molar refractivity (Wildman–Crippen MR) is 139 cm³/mol. The Morgan fingerprint density at radius 2 is 1.62 bits per heavy atom. The summed E-state index contributed by atoms with van der Waals surface area (Å²) in [7, 11) is -1.27. The second-order valence-electron chi connectivity index (χ2n) is 8.43. The van der Waals surface area contributed by atoms with Crippen LogP contribution in [0, 0.1) is 12.7 Å². The van der Waals surface area contributed by atoms with Gasteiger partial charge in [-0.15, -0.1) is 0 Å². The van der Waals surface area contributed by atoms with Crippen molar-refractivity contribution in [1.29, 1.82) is 0 Å². The zero-order valence-electron chi connectivity index (χ0n) is 21.1. The molecule has 0 heterocycles. The number of methoxy groups -OCH3 is 1. The highest BCUT2D eigenvalue weighted by Gasteiger charge is 2.32. The number of anilines is 1. The Kier molecular flexibility index (Phi) is 8.88. The van der Waals surface area contributed by atoms with Gasteiger partial charge in [0, 0.05) is 19.2 Å². The largest absolute Gasteiger partial charge is 0.497 e. The van der Waals surface area contributed by atoms with Crippen LogP contribution in [0.2, 0.25) is 0 Å².